The number of rotatable bonds is 10. The number of sulfonamides is 1. The lowest BCUT2D eigenvalue weighted by molar-refractivity contribution is 0.597. The van der Waals surface area contributed by atoms with Crippen LogP contribution >= 0.6 is 11.6 Å². The Labute approximate surface area is 246 Å². The summed E-state index contributed by atoms with van der Waals surface area (Å²) in [6.45, 7) is 4.16. The number of aryl methyl sites for hydroxylation is 2. The number of aromatic amines is 2. The molecular weight excluding hydrogens is 581 g/mol. The van der Waals surface area contributed by atoms with Gasteiger partial charge in [-0.1, -0.05) is 61.3 Å². The number of fused-ring (bicyclic) bond motifs is 1. The highest BCUT2D eigenvalue weighted by Crippen LogP contribution is 2.30. The minimum atomic E-state index is -3.90. The third-order valence-corrected chi connectivity index (χ3v) is 8.90. The van der Waals surface area contributed by atoms with Crippen molar-refractivity contribution in [3.05, 3.63) is 121 Å². The minimum Gasteiger partial charge on any atom is -0.336 e. The number of benzene rings is 3. The van der Waals surface area contributed by atoms with Gasteiger partial charge in [-0.3, -0.25) is 19.1 Å². The highest BCUT2D eigenvalue weighted by atomic mass is 35.5. The summed E-state index contributed by atoms with van der Waals surface area (Å²) in [5.41, 5.74) is 1.44. The minimum absolute atomic E-state index is 0.0289. The van der Waals surface area contributed by atoms with Crippen molar-refractivity contribution >= 4 is 38.5 Å². The average Bonchev–Trinajstić information content (AvgIpc) is 3.40. The van der Waals surface area contributed by atoms with Crippen LogP contribution in [0.15, 0.2) is 81.2 Å². The van der Waals surface area contributed by atoms with Gasteiger partial charge in [-0.2, -0.15) is 0 Å². The number of aromatic nitrogens is 4. The van der Waals surface area contributed by atoms with Gasteiger partial charge in [0.05, 0.1) is 4.90 Å². The molecule has 0 aliphatic heterocycles. The van der Waals surface area contributed by atoms with Crippen molar-refractivity contribution in [2.75, 3.05) is 4.72 Å². The summed E-state index contributed by atoms with van der Waals surface area (Å²) in [6, 6.07) is 17.5. The van der Waals surface area contributed by atoms with Crippen molar-refractivity contribution in [1.29, 1.82) is 0 Å². The number of hydrogen-bond donors (Lipinski definition) is 3. The zero-order valence-corrected chi connectivity index (χ0v) is 24.5. The molecule has 0 aliphatic rings. The van der Waals surface area contributed by atoms with Crippen LogP contribution in [0.5, 0.6) is 0 Å². The standard InChI is InChI=1S/C30H29ClFN5O4S/c1-3-4-15-37-28-26(29(38)35-30(37)39)33-27(34-28)23(16-20-7-5-6-8-25(20)32)19-10-12-21(13-11-19)36-42(40,41)22-14-9-18(2)24(31)17-22/h5-14,17,23,36H,3-4,15-16H2,1-2H3,(H,33,34)(H,35,38,39). The molecule has 0 amide bonds. The number of unbranched alkanes of at least 4 members (excludes halogenated alkanes) is 1. The average molecular weight is 610 g/mol. The van der Waals surface area contributed by atoms with Crippen molar-refractivity contribution in [3.8, 4) is 0 Å². The van der Waals surface area contributed by atoms with Gasteiger partial charge in [-0.15, -0.1) is 0 Å². The van der Waals surface area contributed by atoms with Gasteiger partial charge in [0.2, 0.25) is 0 Å². The molecule has 218 valence electrons. The van der Waals surface area contributed by atoms with Gasteiger partial charge in [-0.05, 0) is 66.8 Å². The Hall–Kier alpha value is -4.22. The molecule has 0 aliphatic carbocycles. The number of imidazole rings is 1. The Balaban J connectivity index is 1.54. The van der Waals surface area contributed by atoms with Crippen LogP contribution in [0.25, 0.3) is 11.2 Å². The lowest BCUT2D eigenvalue weighted by Crippen LogP contribution is -2.30. The molecule has 1 atom stereocenters. The van der Waals surface area contributed by atoms with Gasteiger partial charge >= 0.3 is 5.69 Å². The lowest BCUT2D eigenvalue weighted by atomic mass is 9.91. The van der Waals surface area contributed by atoms with Crippen molar-refractivity contribution < 1.29 is 12.8 Å². The summed E-state index contributed by atoms with van der Waals surface area (Å²) < 4.78 is 44.7. The van der Waals surface area contributed by atoms with Crippen LogP contribution in [0.4, 0.5) is 10.1 Å². The van der Waals surface area contributed by atoms with Crippen LogP contribution in [0, 0.1) is 12.7 Å². The number of anilines is 1. The quantitative estimate of drug-likeness (QED) is 0.193. The van der Waals surface area contributed by atoms with Gasteiger partial charge in [0.15, 0.2) is 5.65 Å². The Morgan fingerprint density at radius 2 is 1.79 bits per heavy atom. The summed E-state index contributed by atoms with van der Waals surface area (Å²) in [5.74, 6) is -0.570. The van der Waals surface area contributed by atoms with E-state index in [1.54, 1.807) is 55.5 Å². The molecule has 42 heavy (non-hydrogen) atoms. The Morgan fingerprint density at radius 1 is 1.05 bits per heavy atom. The van der Waals surface area contributed by atoms with E-state index in [-0.39, 0.29) is 22.5 Å². The Morgan fingerprint density at radius 3 is 2.48 bits per heavy atom. The maximum Gasteiger partial charge on any atom is 0.330 e. The van der Waals surface area contributed by atoms with E-state index in [0.29, 0.717) is 40.6 Å². The first-order chi connectivity index (χ1) is 20.1. The summed E-state index contributed by atoms with van der Waals surface area (Å²) in [4.78, 5) is 35.3. The first kappa shape index (κ1) is 29.3. The number of nitrogens with one attached hydrogen (secondary N) is 3. The van der Waals surface area contributed by atoms with Crippen LogP contribution in [0.1, 0.15) is 48.2 Å². The van der Waals surface area contributed by atoms with Crippen LogP contribution in [-0.4, -0.2) is 27.9 Å². The molecule has 0 fully saturated rings. The third kappa shape index (κ3) is 6.02. The molecule has 9 nitrogen and oxygen atoms in total. The molecule has 5 rings (SSSR count). The summed E-state index contributed by atoms with van der Waals surface area (Å²) in [7, 11) is -3.90. The van der Waals surface area contributed by atoms with E-state index in [1.165, 1.54) is 22.8 Å². The van der Waals surface area contributed by atoms with E-state index in [2.05, 4.69) is 19.7 Å². The molecule has 1 unspecified atom stereocenters. The fourth-order valence-electron chi connectivity index (χ4n) is 4.74. The summed E-state index contributed by atoms with van der Waals surface area (Å²) >= 11 is 6.13. The summed E-state index contributed by atoms with van der Waals surface area (Å²) in [5, 5.41) is 0.342. The van der Waals surface area contributed by atoms with Gasteiger partial charge in [-0.25, -0.2) is 22.6 Å². The summed E-state index contributed by atoms with van der Waals surface area (Å²) in [6.07, 6.45) is 1.75. The second-order valence-corrected chi connectivity index (χ2v) is 12.2. The predicted octanol–water partition coefficient (Wildman–Crippen LogP) is 5.49. The van der Waals surface area contributed by atoms with Crippen molar-refractivity contribution in [2.24, 2.45) is 0 Å². The first-order valence-corrected chi connectivity index (χ1v) is 15.3. The Bertz CT molecular complexity index is 1980. The zero-order chi connectivity index (χ0) is 30.0. The van der Waals surface area contributed by atoms with E-state index < -0.39 is 33.0 Å². The SMILES string of the molecule is CCCCn1c(=O)[nH]c(=O)c2[nH]c(C(Cc3ccccc3F)c3ccc(NS(=O)(=O)c4ccc(C)c(Cl)c4)cc3)nc21. The molecule has 0 saturated carbocycles. The van der Waals surface area contributed by atoms with Crippen LogP contribution in [-0.2, 0) is 23.0 Å². The van der Waals surface area contributed by atoms with Crippen molar-refractivity contribution in [2.45, 2.75) is 50.5 Å². The second-order valence-electron chi connectivity index (χ2n) is 10.1. The maximum absolute atomic E-state index is 14.8. The largest absolute Gasteiger partial charge is 0.336 e. The van der Waals surface area contributed by atoms with E-state index in [0.717, 1.165) is 12.0 Å². The van der Waals surface area contributed by atoms with Gasteiger partial charge < -0.3 is 4.98 Å². The maximum atomic E-state index is 14.8. The Kier molecular flexibility index (Phi) is 8.33. The molecule has 2 heterocycles. The van der Waals surface area contributed by atoms with E-state index >= 15 is 0 Å². The van der Waals surface area contributed by atoms with Gasteiger partial charge in [0.25, 0.3) is 15.6 Å². The molecule has 12 heteroatoms. The van der Waals surface area contributed by atoms with Gasteiger partial charge in [0.1, 0.15) is 17.2 Å². The zero-order valence-electron chi connectivity index (χ0n) is 22.9. The molecular formula is C30H29ClFN5O4S. The highest BCUT2D eigenvalue weighted by molar-refractivity contribution is 7.92. The van der Waals surface area contributed by atoms with Crippen LogP contribution in [0.3, 0.4) is 0 Å². The number of H-pyrrole nitrogens is 2. The van der Waals surface area contributed by atoms with Crippen molar-refractivity contribution in [1.82, 2.24) is 19.5 Å². The molecule has 5 aromatic rings. The normalized spacial score (nSPS) is 12.5. The fraction of sp³-hybridized carbons (Fsp3) is 0.233. The second kappa shape index (κ2) is 11.9. The molecule has 3 aromatic carbocycles. The third-order valence-electron chi connectivity index (χ3n) is 7.12. The topological polar surface area (TPSA) is 130 Å². The lowest BCUT2D eigenvalue weighted by Gasteiger charge is -2.17. The van der Waals surface area contributed by atoms with Crippen LogP contribution in [0.2, 0.25) is 5.02 Å². The van der Waals surface area contributed by atoms with E-state index in [4.69, 9.17) is 11.6 Å². The van der Waals surface area contributed by atoms with Crippen LogP contribution < -0.4 is 16.0 Å². The molecule has 0 saturated heterocycles. The predicted molar refractivity (Wildman–Crippen MR) is 161 cm³/mol. The highest BCUT2D eigenvalue weighted by Gasteiger charge is 2.23. The van der Waals surface area contributed by atoms with Gasteiger partial charge in [0, 0.05) is 23.2 Å². The number of hydrogen-bond acceptors (Lipinski definition) is 5. The number of nitrogens with zero attached hydrogens (tertiary/aromatic N) is 2. The smallest absolute Gasteiger partial charge is 0.330 e. The number of halogens is 2. The monoisotopic (exact) mass is 609 g/mol. The fourth-order valence-corrected chi connectivity index (χ4v) is 6.07. The molecule has 2 aromatic heterocycles. The molecule has 0 spiro atoms. The van der Waals surface area contributed by atoms with E-state index in [9.17, 15) is 22.4 Å². The first-order valence-electron chi connectivity index (χ1n) is 13.4. The van der Waals surface area contributed by atoms with E-state index in [1.807, 2.05) is 6.92 Å². The molecule has 0 bridgehead atoms. The molecule has 3 N–H and O–H groups in total. The molecule has 0 radical (unpaired) electrons. The van der Waals surface area contributed by atoms with Crippen molar-refractivity contribution in [3.63, 3.8) is 0 Å².